The molecule has 7 heteroatoms. The Morgan fingerprint density at radius 1 is 1.42 bits per heavy atom. The van der Waals surface area contributed by atoms with Crippen LogP contribution in [0.4, 0.5) is 5.69 Å². The lowest BCUT2D eigenvalue weighted by Gasteiger charge is -2.16. The molecule has 0 saturated heterocycles. The topological polar surface area (TPSA) is 89.1 Å². The summed E-state index contributed by atoms with van der Waals surface area (Å²) in [5.41, 5.74) is 6.24. The zero-order chi connectivity index (χ0) is 14.4. The van der Waals surface area contributed by atoms with Gasteiger partial charge in [-0.3, -0.25) is 0 Å². The van der Waals surface area contributed by atoms with Gasteiger partial charge in [0.25, 0.3) is 0 Å². The van der Waals surface area contributed by atoms with E-state index in [4.69, 9.17) is 32.0 Å². The monoisotopic (exact) mass is 287 g/mol. The van der Waals surface area contributed by atoms with Gasteiger partial charge in [-0.15, -0.1) is 0 Å². The maximum Gasteiger partial charge on any atom is 0.143 e. The third-order valence-electron chi connectivity index (χ3n) is 2.69. The number of oxime groups is 1. The maximum atomic E-state index is 8.59. The van der Waals surface area contributed by atoms with E-state index in [1.54, 1.807) is 19.2 Å². The normalized spacial score (nSPS) is 12.9. The Morgan fingerprint density at radius 2 is 2.05 bits per heavy atom. The molecule has 4 N–H and O–H groups in total. The van der Waals surface area contributed by atoms with Crippen LogP contribution in [0, 0.1) is 5.92 Å². The Bertz CT molecular complexity index is 466. The van der Waals surface area contributed by atoms with Crippen LogP contribution < -0.4 is 20.5 Å². The zero-order valence-corrected chi connectivity index (χ0v) is 11.9. The Morgan fingerprint density at radius 3 is 2.58 bits per heavy atom. The SMILES string of the molecule is COc1cc(NCC(C)C(N)=NO)c(OC)cc1Cl. The second-order valence-electron chi connectivity index (χ2n) is 3.99. The first-order chi connectivity index (χ1) is 9.03. The van der Waals surface area contributed by atoms with Crippen LogP contribution in [0.1, 0.15) is 6.92 Å². The number of hydrogen-bond acceptors (Lipinski definition) is 5. The molecule has 0 amide bonds. The number of methoxy groups -OCH3 is 2. The number of nitrogens with zero attached hydrogens (tertiary/aromatic N) is 1. The van der Waals surface area contributed by atoms with Gasteiger partial charge in [-0.2, -0.15) is 0 Å². The average Bonchev–Trinajstić information content (AvgIpc) is 2.44. The first kappa shape index (κ1) is 15.2. The fraction of sp³-hybridized carbons (Fsp3) is 0.417. The number of halogens is 1. The van der Waals surface area contributed by atoms with Crippen LogP contribution in [0.25, 0.3) is 0 Å². The molecule has 0 aliphatic carbocycles. The van der Waals surface area contributed by atoms with E-state index < -0.39 is 0 Å². The number of amidine groups is 1. The van der Waals surface area contributed by atoms with Crippen molar-refractivity contribution in [1.29, 1.82) is 0 Å². The molecule has 0 aliphatic rings. The zero-order valence-electron chi connectivity index (χ0n) is 11.1. The van der Waals surface area contributed by atoms with E-state index in [2.05, 4.69) is 10.5 Å². The van der Waals surface area contributed by atoms with Crippen molar-refractivity contribution in [2.24, 2.45) is 16.8 Å². The molecule has 19 heavy (non-hydrogen) atoms. The van der Waals surface area contributed by atoms with Crippen molar-refractivity contribution in [1.82, 2.24) is 0 Å². The second kappa shape index (κ2) is 6.94. The summed E-state index contributed by atoms with van der Waals surface area (Å²) in [5, 5.41) is 15.2. The Balaban J connectivity index is 2.88. The quantitative estimate of drug-likeness (QED) is 0.323. The summed E-state index contributed by atoms with van der Waals surface area (Å²) in [4.78, 5) is 0. The summed E-state index contributed by atoms with van der Waals surface area (Å²) >= 11 is 6.01. The highest BCUT2D eigenvalue weighted by atomic mass is 35.5. The molecule has 0 aromatic heterocycles. The number of hydrogen-bond donors (Lipinski definition) is 3. The number of benzene rings is 1. The molecule has 1 atom stereocenters. The lowest BCUT2D eigenvalue weighted by Crippen LogP contribution is -2.27. The Labute approximate surface area is 117 Å². The lowest BCUT2D eigenvalue weighted by molar-refractivity contribution is 0.315. The van der Waals surface area contributed by atoms with E-state index in [1.807, 2.05) is 6.92 Å². The standard InChI is InChI=1S/C12H18ClN3O3/c1-7(12(14)16-17)6-15-9-5-10(18-2)8(13)4-11(9)19-3/h4-5,7,15,17H,6H2,1-3H3,(H2,14,16). The highest BCUT2D eigenvalue weighted by Gasteiger charge is 2.12. The van der Waals surface area contributed by atoms with E-state index in [1.165, 1.54) is 7.11 Å². The van der Waals surface area contributed by atoms with Gasteiger partial charge in [0.15, 0.2) is 0 Å². The number of anilines is 1. The molecule has 0 spiro atoms. The van der Waals surface area contributed by atoms with Crippen molar-refractivity contribution in [2.45, 2.75) is 6.92 Å². The summed E-state index contributed by atoms with van der Waals surface area (Å²) in [5.74, 6) is 1.17. The van der Waals surface area contributed by atoms with Crippen LogP contribution in [0.2, 0.25) is 5.02 Å². The van der Waals surface area contributed by atoms with Crippen LogP contribution in [-0.2, 0) is 0 Å². The molecular weight excluding hydrogens is 270 g/mol. The van der Waals surface area contributed by atoms with Gasteiger partial charge in [0.2, 0.25) is 0 Å². The number of ether oxygens (including phenoxy) is 2. The van der Waals surface area contributed by atoms with E-state index in [0.717, 1.165) is 5.69 Å². The molecule has 106 valence electrons. The van der Waals surface area contributed by atoms with E-state index in [-0.39, 0.29) is 11.8 Å². The summed E-state index contributed by atoms with van der Waals surface area (Å²) in [6.45, 7) is 2.32. The molecule has 1 rings (SSSR count). The maximum absolute atomic E-state index is 8.59. The van der Waals surface area contributed by atoms with Crippen LogP contribution in [-0.4, -0.2) is 31.8 Å². The van der Waals surface area contributed by atoms with Crippen molar-refractivity contribution in [3.8, 4) is 11.5 Å². The van der Waals surface area contributed by atoms with E-state index >= 15 is 0 Å². The minimum absolute atomic E-state index is 0.128. The third kappa shape index (κ3) is 3.82. The van der Waals surface area contributed by atoms with Crippen molar-refractivity contribution in [2.75, 3.05) is 26.1 Å². The van der Waals surface area contributed by atoms with Crippen LogP contribution in [0.3, 0.4) is 0 Å². The first-order valence-corrected chi connectivity index (χ1v) is 6.04. The minimum Gasteiger partial charge on any atom is -0.495 e. The van der Waals surface area contributed by atoms with Crippen molar-refractivity contribution < 1.29 is 14.7 Å². The fourth-order valence-corrected chi connectivity index (χ4v) is 1.70. The molecule has 6 nitrogen and oxygen atoms in total. The Hall–Kier alpha value is -1.82. The van der Waals surface area contributed by atoms with Gasteiger partial charge in [0, 0.05) is 24.6 Å². The second-order valence-corrected chi connectivity index (χ2v) is 4.40. The first-order valence-electron chi connectivity index (χ1n) is 5.66. The summed E-state index contributed by atoms with van der Waals surface area (Å²) in [7, 11) is 3.09. The highest BCUT2D eigenvalue weighted by molar-refractivity contribution is 6.32. The number of nitrogens with one attached hydrogen (secondary N) is 1. The fourth-order valence-electron chi connectivity index (χ4n) is 1.46. The third-order valence-corrected chi connectivity index (χ3v) is 2.99. The minimum atomic E-state index is -0.128. The van der Waals surface area contributed by atoms with Crippen LogP contribution in [0.5, 0.6) is 11.5 Å². The highest BCUT2D eigenvalue weighted by Crippen LogP contribution is 2.35. The Kier molecular flexibility index (Phi) is 5.57. The lowest BCUT2D eigenvalue weighted by atomic mass is 10.1. The molecule has 0 fully saturated rings. The molecule has 0 bridgehead atoms. The van der Waals surface area contributed by atoms with Gasteiger partial charge >= 0.3 is 0 Å². The van der Waals surface area contributed by atoms with Crippen molar-refractivity contribution >= 4 is 23.1 Å². The predicted octanol–water partition coefficient (Wildman–Crippen LogP) is 2.15. The van der Waals surface area contributed by atoms with Crippen molar-refractivity contribution in [3.63, 3.8) is 0 Å². The smallest absolute Gasteiger partial charge is 0.143 e. The van der Waals surface area contributed by atoms with Gasteiger partial charge in [0.05, 0.1) is 24.9 Å². The van der Waals surface area contributed by atoms with Crippen LogP contribution >= 0.6 is 11.6 Å². The van der Waals surface area contributed by atoms with Crippen LogP contribution in [0.15, 0.2) is 17.3 Å². The number of rotatable bonds is 6. The summed E-state index contributed by atoms with van der Waals surface area (Å²) in [6, 6.07) is 3.40. The molecule has 1 unspecified atom stereocenters. The molecule has 0 saturated carbocycles. The molecule has 0 radical (unpaired) electrons. The van der Waals surface area contributed by atoms with Gasteiger partial charge in [-0.1, -0.05) is 23.7 Å². The number of nitrogens with two attached hydrogens (primary N) is 1. The van der Waals surface area contributed by atoms with Crippen molar-refractivity contribution in [3.05, 3.63) is 17.2 Å². The summed E-state index contributed by atoms with van der Waals surface area (Å²) < 4.78 is 10.4. The van der Waals surface area contributed by atoms with Gasteiger partial charge < -0.3 is 25.7 Å². The largest absolute Gasteiger partial charge is 0.495 e. The molecule has 0 heterocycles. The predicted molar refractivity (Wildman–Crippen MR) is 75.6 cm³/mol. The average molecular weight is 288 g/mol. The molecule has 1 aromatic rings. The molecule has 1 aromatic carbocycles. The molecule has 0 aliphatic heterocycles. The van der Waals surface area contributed by atoms with Gasteiger partial charge in [-0.05, 0) is 0 Å². The summed E-state index contributed by atoms with van der Waals surface area (Å²) in [6.07, 6.45) is 0. The molecular formula is C12H18ClN3O3. The van der Waals surface area contributed by atoms with Gasteiger partial charge in [0.1, 0.15) is 17.3 Å². The van der Waals surface area contributed by atoms with E-state index in [9.17, 15) is 0 Å². The van der Waals surface area contributed by atoms with Gasteiger partial charge in [-0.25, -0.2) is 0 Å². The van der Waals surface area contributed by atoms with E-state index in [0.29, 0.717) is 23.1 Å².